The summed E-state index contributed by atoms with van der Waals surface area (Å²) < 4.78 is 11.3. The summed E-state index contributed by atoms with van der Waals surface area (Å²) in [6.45, 7) is 0.772. The maximum absolute atomic E-state index is 12.9. The zero-order valence-electron chi connectivity index (χ0n) is 15.7. The third kappa shape index (κ3) is 3.02. The Morgan fingerprint density at radius 3 is 2.45 bits per heavy atom. The van der Waals surface area contributed by atoms with E-state index in [2.05, 4.69) is 29.2 Å². The smallest absolute Gasteiger partial charge is 0.415 e. The van der Waals surface area contributed by atoms with E-state index in [0.717, 1.165) is 0 Å². The van der Waals surface area contributed by atoms with Gasteiger partial charge in [-0.05, 0) is 34.4 Å². The maximum atomic E-state index is 12.9. The van der Waals surface area contributed by atoms with E-state index >= 15 is 0 Å². The SMILES string of the molecule is O=C(OCC1c2ccccc2-c2ccccc21)N1CCOc2ccc(CO)nc21. The zero-order chi connectivity index (χ0) is 19.8. The number of hydrogen-bond donors (Lipinski definition) is 1. The van der Waals surface area contributed by atoms with Crippen LogP contribution >= 0.6 is 0 Å². The first-order valence-electron chi connectivity index (χ1n) is 9.62. The van der Waals surface area contributed by atoms with Crippen molar-refractivity contribution < 1.29 is 19.4 Å². The average Bonchev–Trinajstić information content (AvgIpc) is 3.10. The monoisotopic (exact) mass is 388 g/mol. The molecule has 2 heterocycles. The fraction of sp³-hybridized carbons (Fsp3) is 0.217. The highest BCUT2D eigenvalue weighted by molar-refractivity contribution is 5.89. The van der Waals surface area contributed by atoms with Crippen molar-refractivity contribution in [3.8, 4) is 16.9 Å². The van der Waals surface area contributed by atoms with Crippen molar-refractivity contribution in [2.24, 2.45) is 0 Å². The van der Waals surface area contributed by atoms with Crippen LogP contribution in [0.2, 0.25) is 0 Å². The van der Waals surface area contributed by atoms with Crippen LogP contribution in [-0.4, -0.2) is 35.9 Å². The lowest BCUT2D eigenvalue weighted by Gasteiger charge is -2.28. The highest BCUT2D eigenvalue weighted by Gasteiger charge is 2.31. The molecule has 146 valence electrons. The number of anilines is 1. The van der Waals surface area contributed by atoms with E-state index in [1.54, 1.807) is 12.1 Å². The average molecular weight is 388 g/mol. The van der Waals surface area contributed by atoms with Crippen molar-refractivity contribution in [1.29, 1.82) is 0 Å². The van der Waals surface area contributed by atoms with Gasteiger partial charge in [-0.3, -0.25) is 4.90 Å². The Balaban J connectivity index is 1.39. The lowest BCUT2D eigenvalue weighted by Crippen LogP contribution is -2.39. The third-order valence-electron chi connectivity index (χ3n) is 5.44. The topological polar surface area (TPSA) is 71.9 Å². The summed E-state index contributed by atoms with van der Waals surface area (Å²) in [4.78, 5) is 18.7. The quantitative estimate of drug-likeness (QED) is 0.740. The van der Waals surface area contributed by atoms with Crippen LogP contribution in [0.3, 0.4) is 0 Å². The lowest BCUT2D eigenvalue weighted by molar-refractivity contribution is 0.146. The number of carbonyl (C=O) groups is 1. The second kappa shape index (κ2) is 7.22. The third-order valence-corrected chi connectivity index (χ3v) is 5.44. The molecule has 5 rings (SSSR count). The molecule has 0 unspecified atom stereocenters. The fourth-order valence-electron chi connectivity index (χ4n) is 4.07. The van der Waals surface area contributed by atoms with Gasteiger partial charge in [-0.1, -0.05) is 48.5 Å². The molecule has 6 nitrogen and oxygen atoms in total. The van der Waals surface area contributed by atoms with Crippen LogP contribution in [0.25, 0.3) is 11.1 Å². The molecule has 1 aliphatic heterocycles. The summed E-state index contributed by atoms with van der Waals surface area (Å²) in [7, 11) is 0. The predicted molar refractivity (Wildman–Crippen MR) is 108 cm³/mol. The van der Waals surface area contributed by atoms with E-state index < -0.39 is 6.09 Å². The largest absolute Gasteiger partial charge is 0.488 e. The molecule has 6 heteroatoms. The molecular weight excluding hydrogens is 368 g/mol. The number of aromatic nitrogens is 1. The van der Waals surface area contributed by atoms with Gasteiger partial charge in [-0.2, -0.15) is 0 Å². The molecule has 0 bridgehead atoms. The van der Waals surface area contributed by atoms with Crippen molar-refractivity contribution in [2.45, 2.75) is 12.5 Å². The first-order valence-corrected chi connectivity index (χ1v) is 9.62. The van der Waals surface area contributed by atoms with Crippen LogP contribution in [0.1, 0.15) is 22.7 Å². The second-order valence-electron chi connectivity index (χ2n) is 7.09. The van der Waals surface area contributed by atoms with Gasteiger partial charge in [0.25, 0.3) is 0 Å². The summed E-state index contributed by atoms with van der Waals surface area (Å²) >= 11 is 0. The maximum Gasteiger partial charge on any atom is 0.415 e. The Hall–Kier alpha value is -3.38. The van der Waals surface area contributed by atoms with Crippen molar-refractivity contribution in [3.63, 3.8) is 0 Å². The van der Waals surface area contributed by atoms with Gasteiger partial charge in [0.1, 0.15) is 13.2 Å². The first kappa shape index (κ1) is 17.7. The minimum atomic E-state index is -0.459. The minimum Gasteiger partial charge on any atom is -0.488 e. The number of aliphatic hydroxyl groups is 1. The summed E-state index contributed by atoms with van der Waals surface area (Å²) in [6.07, 6.45) is -0.459. The number of fused-ring (bicyclic) bond motifs is 4. The van der Waals surface area contributed by atoms with Crippen LogP contribution in [0.15, 0.2) is 60.7 Å². The number of ether oxygens (including phenoxy) is 2. The normalized spacial score (nSPS) is 14.6. The van der Waals surface area contributed by atoms with E-state index in [-0.39, 0.29) is 19.1 Å². The molecule has 3 aromatic rings. The second-order valence-corrected chi connectivity index (χ2v) is 7.09. The van der Waals surface area contributed by atoms with Crippen LogP contribution < -0.4 is 9.64 Å². The van der Waals surface area contributed by atoms with Gasteiger partial charge < -0.3 is 14.6 Å². The number of hydrogen-bond acceptors (Lipinski definition) is 5. The van der Waals surface area contributed by atoms with E-state index in [0.29, 0.717) is 30.4 Å². The number of aliphatic hydroxyl groups excluding tert-OH is 1. The summed E-state index contributed by atoms with van der Waals surface area (Å²) in [5, 5.41) is 9.36. The Morgan fingerprint density at radius 2 is 1.76 bits per heavy atom. The van der Waals surface area contributed by atoms with Gasteiger partial charge in [-0.15, -0.1) is 0 Å². The summed E-state index contributed by atoms with van der Waals surface area (Å²) in [6, 6.07) is 19.9. The van der Waals surface area contributed by atoms with Gasteiger partial charge in [0, 0.05) is 5.92 Å². The molecule has 0 radical (unpaired) electrons. The standard InChI is InChI=1S/C23H20N2O4/c26-13-15-9-10-21-22(24-15)25(11-12-28-21)23(27)29-14-20-18-7-3-1-5-16(18)17-6-2-4-8-19(17)20/h1-10,20,26H,11-14H2. The number of carbonyl (C=O) groups excluding carboxylic acids is 1. The Bertz CT molecular complexity index is 1040. The van der Waals surface area contributed by atoms with Crippen molar-refractivity contribution in [2.75, 3.05) is 24.7 Å². The Morgan fingerprint density at radius 1 is 1.07 bits per heavy atom. The van der Waals surface area contributed by atoms with E-state index in [1.165, 1.54) is 27.2 Å². The minimum absolute atomic E-state index is 0.00333. The van der Waals surface area contributed by atoms with Crippen LogP contribution in [0.5, 0.6) is 5.75 Å². The molecule has 0 atom stereocenters. The molecule has 2 aromatic carbocycles. The Kier molecular flexibility index (Phi) is 4.41. The predicted octanol–water partition coefficient (Wildman–Crippen LogP) is 3.72. The molecule has 29 heavy (non-hydrogen) atoms. The van der Waals surface area contributed by atoms with Crippen LogP contribution in [0, 0.1) is 0 Å². The molecule has 1 amide bonds. The highest BCUT2D eigenvalue weighted by Crippen LogP contribution is 2.44. The molecule has 0 spiro atoms. The number of amides is 1. The fourth-order valence-corrected chi connectivity index (χ4v) is 4.07. The van der Waals surface area contributed by atoms with E-state index in [9.17, 15) is 9.90 Å². The molecule has 1 N–H and O–H groups in total. The number of nitrogens with zero attached hydrogens (tertiary/aromatic N) is 2. The van der Waals surface area contributed by atoms with Crippen LogP contribution in [0.4, 0.5) is 10.6 Å². The van der Waals surface area contributed by atoms with Gasteiger partial charge in [0.05, 0.1) is 18.8 Å². The van der Waals surface area contributed by atoms with E-state index in [4.69, 9.17) is 9.47 Å². The van der Waals surface area contributed by atoms with Crippen LogP contribution in [-0.2, 0) is 11.3 Å². The Labute approximate surface area is 168 Å². The van der Waals surface area contributed by atoms with Crippen molar-refractivity contribution in [3.05, 3.63) is 77.5 Å². The van der Waals surface area contributed by atoms with Crippen molar-refractivity contribution in [1.82, 2.24) is 4.98 Å². The van der Waals surface area contributed by atoms with Gasteiger partial charge in [0.15, 0.2) is 11.6 Å². The van der Waals surface area contributed by atoms with Gasteiger partial charge in [-0.25, -0.2) is 9.78 Å². The number of pyridine rings is 1. The molecule has 0 saturated carbocycles. The first-order chi connectivity index (χ1) is 14.3. The van der Waals surface area contributed by atoms with Gasteiger partial charge in [0.2, 0.25) is 0 Å². The lowest BCUT2D eigenvalue weighted by atomic mass is 9.98. The zero-order valence-corrected chi connectivity index (χ0v) is 15.7. The molecule has 1 aliphatic carbocycles. The number of rotatable bonds is 3. The number of benzene rings is 2. The highest BCUT2D eigenvalue weighted by atomic mass is 16.6. The summed E-state index contributed by atoms with van der Waals surface area (Å²) in [5.41, 5.74) is 5.20. The molecule has 0 saturated heterocycles. The van der Waals surface area contributed by atoms with Gasteiger partial charge >= 0.3 is 6.09 Å². The molecule has 1 aromatic heterocycles. The summed E-state index contributed by atoms with van der Waals surface area (Å²) in [5.74, 6) is 0.908. The molecule has 0 fully saturated rings. The molecule has 2 aliphatic rings. The molecular formula is C23H20N2O4. The van der Waals surface area contributed by atoms with E-state index in [1.807, 2.05) is 24.3 Å². The van der Waals surface area contributed by atoms with Crippen molar-refractivity contribution >= 4 is 11.9 Å².